The summed E-state index contributed by atoms with van der Waals surface area (Å²) in [6.07, 6.45) is 1.44. The Bertz CT molecular complexity index is 1540. The number of piperazine rings is 1. The standard InChI is InChI=1S/C27H23ClF3N5O3/c1-15(37)35-8-10-36(11-9-35)27-16-12-17(28)23(24-19(30)4-2-6-21(24)38)25(31)26(16)33-22(34-27)14-39-13-20-18(29)5-3-7-32-20/h2-7,12,38H,8-11,13-14H2,1H3. The maximum Gasteiger partial charge on any atom is 0.219 e. The van der Waals surface area contributed by atoms with Crippen molar-refractivity contribution in [3.05, 3.63) is 76.6 Å². The summed E-state index contributed by atoms with van der Waals surface area (Å²) in [6.45, 7) is 2.82. The van der Waals surface area contributed by atoms with Gasteiger partial charge < -0.3 is 19.6 Å². The molecule has 1 fully saturated rings. The summed E-state index contributed by atoms with van der Waals surface area (Å²) in [5.41, 5.74) is -0.790. The number of carbonyl (C=O) groups is 1. The van der Waals surface area contributed by atoms with Gasteiger partial charge >= 0.3 is 0 Å². The lowest BCUT2D eigenvalue weighted by atomic mass is 10.0. The highest BCUT2D eigenvalue weighted by Crippen LogP contribution is 2.42. The number of rotatable bonds is 6. The lowest BCUT2D eigenvalue weighted by Gasteiger charge is -2.35. The summed E-state index contributed by atoms with van der Waals surface area (Å²) < 4.78 is 50.3. The molecule has 0 spiro atoms. The van der Waals surface area contributed by atoms with Gasteiger partial charge in [-0.3, -0.25) is 9.78 Å². The number of halogens is 4. The van der Waals surface area contributed by atoms with E-state index in [0.717, 1.165) is 6.07 Å². The zero-order chi connectivity index (χ0) is 27.7. The monoisotopic (exact) mass is 557 g/mol. The minimum absolute atomic E-state index is 0.0542. The van der Waals surface area contributed by atoms with E-state index in [-0.39, 0.29) is 57.7 Å². The Morgan fingerprint density at radius 2 is 1.77 bits per heavy atom. The highest BCUT2D eigenvalue weighted by atomic mass is 35.5. The largest absolute Gasteiger partial charge is 0.507 e. The molecule has 5 rings (SSSR count). The average molecular weight is 558 g/mol. The van der Waals surface area contributed by atoms with Gasteiger partial charge in [0.2, 0.25) is 5.91 Å². The van der Waals surface area contributed by atoms with Crippen LogP contribution in [0.1, 0.15) is 18.4 Å². The molecule has 2 aromatic carbocycles. The topological polar surface area (TPSA) is 91.7 Å². The number of pyridine rings is 1. The van der Waals surface area contributed by atoms with E-state index in [1.165, 1.54) is 43.5 Å². The van der Waals surface area contributed by atoms with E-state index < -0.39 is 23.2 Å². The fourth-order valence-corrected chi connectivity index (χ4v) is 4.80. The number of phenolic OH excluding ortho intramolecular Hbond substituents is 1. The number of nitrogens with zero attached hydrogens (tertiary/aromatic N) is 5. The summed E-state index contributed by atoms with van der Waals surface area (Å²) in [5.74, 6) is -2.42. The number of anilines is 1. The van der Waals surface area contributed by atoms with E-state index in [4.69, 9.17) is 16.3 Å². The summed E-state index contributed by atoms with van der Waals surface area (Å²) in [5, 5.41) is 10.4. The van der Waals surface area contributed by atoms with Gasteiger partial charge in [0.15, 0.2) is 11.6 Å². The van der Waals surface area contributed by atoms with Gasteiger partial charge in [-0.2, -0.15) is 0 Å². The van der Waals surface area contributed by atoms with Gasteiger partial charge in [0, 0.05) is 50.2 Å². The summed E-state index contributed by atoms with van der Waals surface area (Å²) >= 11 is 6.46. The van der Waals surface area contributed by atoms with Gasteiger partial charge in [-0.1, -0.05) is 17.7 Å². The molecule has 0 saturated carbocycles. The maximum absolute atomic E-state index is 16.1. The Balaban J connectivity index is 1.58. The zero-order valence-corrected chi connectivity index (χ0v) is 21.6. The molecule has 4 aromatic rings. The predicted octanol–water partition coefficient (Wildman–Crippen LogP) is 4.85. The summed E-state index contributed by atoms with van der Waals surface area (Å²) in [6, 6.07) is 7.76. The number of fused-ring (bicyclic) bond motifs is 1. The van der Waals surface area contributed by atoms with Crippen LogP contribution in [0.4, 0.5) is 19.0 Å². The first kappa shape index (κ1) is 26.6. The third-order valence-electron chi connectivity index (χ3n) is 6.48. The van der Waals surface area contributed by atoms with E-state index >= 15 is 4.39 Å². The molecule has 1 N–H and O–H groups in total. The van der Waals surface area contributed by atoms with Crippen molar-refractivity contribution in [1.82, 2.24) is 19.9 Å². The Morgan fingerprint density at radius 1 is 1.03 bits per heavy atom. The van der Waals surface area contributed by atoms with Crippen molar-refractivity contribution >= 4 is 34.2 Å². The van der Waals surface area contributed by atoms with Crippen LogP contribution in [-0.4, -0.2) is 57.0 Å². The van der Waals surface area contributed by atoms with E-state index in [1.54, 1.807) is 4.90 Å². The Labute approximate surface area is 226 Å². The van der Waals surface area contributed by atoms with Crippen LogP contribution in [0.3, 0.4) is 0 Å². The number of amides is 1. The lowest BCUT2D eigenvalue weighted by molar-refractivity contribution is -0.129. The fraction of sp³-hybridized carbons (Fsp3) is 0.259. The van der Waals surface area contributed by atoms with Crippen LogP contribution in [0.25, 0.3) is 22.0 Å². The average Bonchev–Trinajstić information content (AvgIpc) is 2.91. The van der Waals surface area contributed by atoms with Gasteiger partial charge in [0.05, 0.1) is 17.2 Å². The molecule has 202 valence electrons. The van der Waals surface area contributed by atoms with Crippen molar-refractivity contribution in [2.24, 2.45) is 0 Å². The number of aromatic nitrogens is 3. The minimum atomic E-state index is -0.944. The van der Waals surface area contributed by atoms with Crippen LogP contribution in [0.2, 0.25) is 5.02 Å². The second-order valence-electron chi connectivity index (χ2n) is 8.96. The number of benzene rings is 2. The third kappa shape index (κ3) is 5.32. The first-order valence-corrected chi connectivity index (χ1v) is 12.5. The molecule has 0 bridgehead atoms. The van der Waals surface area contributed by atoms with Crippen molar-refractivity contribution in [3.8, 4) is 16.9 Å². The van der Waals surface area contributed by atoms with Crippen LogP contribution in [0.15, 0.2) is 42.6 Å². The summed E-state index contributed by atoms with van der Waals surface area (Å²) in [7, 11) is 0. The lowest BCUT2D eigenvalue weighted by Crippen LogP contribution is -2.48. The Kier molecular flexibility index (Phi) is 7.53. The van der Waals surface area contributed by atoms with E-state index in [2.05, 4.69) is 15.0 Å². The highest BCUT2D eigenvalue weighted by molar-refractivity contribution is 6.34. The highest BCUT2D eigenvalue weighted by Gasteiger charge is 2.27. The number of carbonyl (C=O) groups excluding carboxylic acids is 1. The normalized spacial score (nSPS) is 13.8. The Hall–Kier alpha value is -3.96. The second kappa shape index (κ2) is 11.0. The van der Waals surface area contributed by atoms with Crippen LogP contribution in [0.5, 0.6) is 5.75 Å². The van der Waals surface area contributed by atoms with E-state index in [9.17, 15) is 18.7 Å². The summed E-state index contributed by atoms with van der Waals surface area (Å²) in [4.78, 5) is 28.2. The van der Waals surface area contributed by atoms with Crippen LogP contribution in [-0.2, 0) is 22.7 Å². The van der Waals surface area contributed by atoms with Gasteiger partial charge in [0.1, 0.15) is 41.0 Å². The quantitative estimate of drug-likeness (QED) is 0.362. The van der Waals surface area contributed by atoms with E-state index in [1.807, 2.05) is 4.90 Å². The van der Waals surface area contributed by atoms with Crippen LogP contribution < -0.4 is 4.90 Å². The Morgan fingerprint density at radius 3 is 2.46 bits per heavy atom. The molecular weight excluding hydrogens is 535 g/mol. The number of aromatic hydroxyl groups is 1. The molecule has 3 heterocycles. The van der Waals surface area contributed by atoms with Crippen molar-refractivity contribution in [1.29, 1.82) is 0 Å². The van der Waals surface area contributed by atoms with Gasteiger partial charge in [-0.15, -0.1) is 0 Å². The molecule has 12 heteroatoms. The van der Waals surface area contributed by atoms with Gasteiger partial charge in [-0.05, 0) is 30.3 Å². The maximum atomic E-state index is 16.1. The van der Waals surface area contributed by atoms with Crippen LogP contribution >= 0.6 is 11.6 Å². The molecular formula is C27H23ClF3N5O3. The first-order valence-electron chi connectivity index (χ1n) is 12.1. The molecule has 0 radical (unpaired) electrons. The van der Waals surface area contributed by atoms with E-state index in [0.29, 0.717) is 32.0 Å². The molecule has 1 aliphatic heterocycles. The van der Waals surface area contributed by atoms with Crippen molar-refractivity contribution in [3.63, 3.8) is 0 Å². The molecule has 2 aromatic heterocycles. The molecule has 1 saturated heterocycles. The van der Waals surface area contributed by atoms with Crippen molar-refractivity contribution in [2.75, 3.05) is 31.1 Å². The SMILES string of the molecule is CC(=O)N1CCN(c2nc(COCc3ncccc3F)nc3c(F)c(-c4c(O)cccc4F)c(Cl)cc23)CC1. The second-order valence-corrected chi connectivity index (χ2v) is 9.37. The van der Waals surface area contributed by atoms with Crippen LogP contribution in [0, 0.1) is 17.5 Å². The molecule has 0 unspecified atom stereocenters. The zero-order valence-electron chi connectivity index (χ0n) is 20.8. The first-order chi connectivity index (χ1) is 18.7. The van der Waals surface area contributed by atoms with Gasteiger partial charge in [0.25, 0.3) is 0 Å². The van der Waals surface area contributed by atoms with Crippen molar-refractivity contribution in [2.45, 2.75) is 20.1 Å². The molecule has 1 amide bonds. The third-order valence-corrected chi connectivity index (χ3v) is 6.78. The minimum Gasteiger partial charge on any atom is -0.507 e. The molecule has 0 aliphatic carbocycles. The number of phenols is 1. The fourth-order valence-electron chi connectivity index (χ4n) is 4.52. The predicted molar refractivity (Wildman–Crippen MR) is 139 cm³/mol. The smallest absolute Gasteiger partial charge is 0.219 e. The number of hydrogen-bond donors (Lipinski definition) is 1. The number of hydrogen-bond acceptors (Lipinski definition) is 7. The van der Waals surface area contributed by atoms with Gasteiger partial charge in [-0.25, -0.2) is 23.1 Å². The molecule has 8 nitrogen and oxygen atoms in total. The number of ether oxygens (including phenoxy) is 1. The van der Waals surface area contributed by atoms with Crippen molar-refractivity contribution < 1.29 is 27.8 Å². The molecule has 0 atom stereocenters. The molecule has 39 heavy (non-hydrogen) atoms. The molecule has 1 aliphatic rings.